The van der Waals surface area contributed by atoms with Crippen LogP contribution >= 0.6 is 11.8 Å². The summed E-state index contributed by atoms with van der Waals surface area (Å²) in [5.74, 6) is 0.0817. The van der Waals surface area contributed by atoms with E-state index in [1.54, 1.807) is 11.8 Å². The Morgan fingerprint density at radius 3 is 2.48 bits per heavy atom. The van der Waals surface area contributed by atoms with Crippen molar-refractivity contribution in [1.29, 1.82) is 0 Å². The second-order valence-corrected chi connectivity index (χ2v) is 8.10. The lowest BCUT2D eigenvalue weighted by atomic mass is 10.1. The van der Waals surface area contributed by atoms with Gasteiger partial charge in [0.1, 0.15) is 0 Å². The first-order valence-corrected chi connectivity index (χ1v) is 8.36. The lowest BCUT2D eigenvalue weighted by Gasteiger charge is -2.23. The third kappa shape index (κ3) is 7.53. The highest BCUT2D eigenvalue weighted by Crippen LogP contribution is 2.24. The molecule has 21 heavy (non-hydrogen) atoms. The Labute approximate surface area is 133 Å². The Morgan fingerprint density at radius 1 is 1.24 bits per heavy atom. The van der Waals surface area contributed by atoms with Gasteiger partial charge in [-0.15, -0.1) is 11.8 Å². The number of hydrogen-bond acceptors (Lipinski definition) is 3. The summed E-state index contributed by atoms with van der Waals surface area (Å²) in [6, 6.07) is 8.84. The third-order valence-corrected chi connectivity index (χ3v) is 3.89. The van der Waals surface area contributed by atoms with E-state index in [0.717, 1.165) is 11.4 Å². The van der Waals surface area contributed by atoms with Gasteiger partial charge in [0.2, 0.25) is 5.91 Å². The van der Waals surface area contributed by atoms with Crippen LogP contribution in [0.2, 0.25) is 0 Å². The lowest BCUT2D eigenvalue weighted by Crippen LogP contribution is -2.44. The van der Waals surface area contributed by atoms with E-state index in [2.05, 4.69) is 42.7 Å². The van der Waals surface area contributed by atoms with Crippen LogP contribution in [0.1, 0.15) is 47.1 Å². The normalized spacial score (nSPS) is 13.3. The van der Waals surface area contributed by atoms with Crippen molar-refractivity contribution in [2.75, 3.05) is 0 Å². The number of amides is 1. The third-order valence-electron chi connectivity index (χ3n) is 2.79. The molecule has 0 heterocycles. The maximum Gasteiger partial charge on any atom is 0.233 e. The van der Waals surface area contributed by atoms with Crippen molar-refractivity contribution in [3.63, 3.8) is 0 Å². The molecule has 1 atom stereocenters. The Balaban J connectivity index is 2.61. The molecule has 0 aliphatic rings. The van der Waals surface area contributed by atoms with Crippen molar-refractivity contribution in [2.24, 2.45) is 0 Å². The molecule has 4 heteroatoms. The number of carbonyl (C=O) groups is 1. The van der Waals surface area contributed by atoms with E-state index in [4.69, 9.17) is 0 Å². The Morgan fingerprint density at radius 2 is 1.90 bits per heavy atom. The number of benzene rings is 1. The standard InChI is InChI=1S/C17H28N2OS/c1-12(2)18-11-14-8-7-9-15(10-14)21-13(3)16(20)19-17(4,5)6/h7-10,12-13,18H,11H2,1-6H3,(H,19,20). The van der Waals surface area contributed by atoms with Crippen molar-refractivity contribution in [3.05, 3.63) is 29.8 Å². The molecule has 1 rings (SSSR count). The molecule has 0 spiro atoms. The second-order valence-electron chi connectivity index (χ2n) is 6.68. The molecule has 0 saturated carbocycles. The molecule has 118 valence electrons. The largest absolute Gasteiger partial charge is 0.351 e. The second kappa shape index (κ2) is 7.85. The number of carbonyl (C=O) groups excluding carboxylic acids is 1. The summed E-state index contributed by atoms with van der Waals surface area (Å²) in [5, 5.41) is 6.33. The summed E-state index contributed by atoms with van der Waals surface area (Å²) in [5.41, 5.74) is 1.06. The molecule has 0 fully saturated rings. The molecule has 0 aliphatic carbocycles. The van der Waals surface area contributed by atoms with Gasteiger partial charge in [-0.05, 0) is 45.4 Å². The van der Waals surface area contributed by atoms with Gasteiger partial charge in [-0.2, -0.15) is 0 Å². The van der Waals surface area contributed by atoms with Crippen LogP contribution in [0.25, 0.3) is 0 Å². The quantitative estimate of drug-likeness (QED) is 0.789. The van der Waals surface area contributed by atoms with E-state index in [1.165, 1.54) is 5.56 Å². The minimum Gasteiger partial charge on any atom is -0.351 e. The van der Waals surface area contributed by atoms with Crippen molar-refractivity contribution in [3.8, 4) is 0 Å². The summed E-state index contributed by atoms with van der Waals surface area (Å²) >= 11 is 1.60. The minimum absolute atomic E-state index is 0.0817. The zero-order valence-electron chi connectivity index (χ0n) is 14.0. The first-order chi connectivity index (χ1) is 9.67. The molecule has 1 amide bonds. The molecule has 0 aromatic heterocycles. The molecule has 1 aromatic carbocycles. The average molecular weight is 308 g/mol. The smallest absolute Gasteiger partial charge is 0.233 e. The summed E-state index contributed by atoms with van der Waals surface area (Å²) in [4.78, 5) is 13.3. The van der Waals surface area contributed by atoms with Crippen LogP contribution in [-0.2, 0) is 11.3 Å². The van der Waals surface area contributed by atoms with Crippen molar-refractivity contribution in [1.82, 2.24) is 10.6 Å². The van der Waals surface area contributed by atoms with Gasteiger partial charge in [-0.3, -0.25) is 4.79 Å². The molecule has 0 bridgehead atoms. The van der Waals surface area contributed by atoms with E-state index >= 15 is 0 Å². The number of hydrogen-bond donors (Lipinski definition) is 2. The van der Waals surface area contributed by atoms with Gasteiger partial charge in [-0.1, -0.05) is 26.0 Å². The highest BCUT2D eigenvalue weighted by molar-refractivity contribution is 8.00. The maximum absolute atomic E-state index is 12.1. The maximum atomic E-state index is 12.1. The van der Waals surface area contributed by atoms with Gasteiger partial charge < -0.3 is 10.6 Å². The van der Waals surface area contributed by atoms with Gasteiger partial charge in [0.15, 0.2) is 0 Å². The minimum atomic E-state index is -0.186. The zero-order valence-corrected chi connectivity index (χ0v) is 14.8. The average Bonchev–Trinajstić information content (AvgIpc) is 2.34. The highest BCUT2D eigenvalue weighted by Gasteiger charge is 2.20. The van der Waals surface area contributed by atoms with Gasteiger partial charge in [-0.25, -0.2) is 0 Å². The SMILES string of the molecule is CC(C)NCc1cccc(SC(C)C(=O)NC(C)(C)C)c1. The molecular formula is C17H28N2OS. The fourth-order valence-corrected chi connectivity index (χ4v) is 2.73. The van der Waals surface area contributed by atoms with Crippen molar-refractivity contribution in [2.45, 2.75) is 69.8 Å². The zero-order chi connectivity index (χ0) is 16.0. The fourth-order valence-electron chi connectivity index (χ4n) is 1.78. The number of nitrogens with one attached hydrogen (secondary N) is 2. The van der Waals surface area contributed by atoms with E-state index in [-0.39, 0.29) is 16.7 Å². The van der Waals surface area contributed by atoms with E-state index in [0.29, 0.717) is 6.04 Å². The predicted octanol–water partition coefficient (Wildman–Crippen LogP) is 3.58. The number of thioether (sulfide) groups is 1. The Bertz CT molecular complexity index is 466. The first kappa shape index (κ1) is 18.1. The Kier molecular flexibility index (Phi) is 6.75. The lowest BCUT2D eigenvalue weighted by molar-refractivity contribution is -0.121. The summed E-state index contributed by atoms with van der Waals surface area (Å²) < 4.78 is 0. The molecular weight excluding hydrogens is 280 g/mol. The predicted molar refractivity (Wildman–Crippen MR) is 91.6 cm³/mol. The summed E-state index contributed by atoms with van der Waals surface area (Å²) in [6.45, 7) is 13.1. The molecule has 1 aromatic rings. The van der Waals surface area contributed by atoms with Gasteiger partial charge in [0.25, 0.3) is 0 Å². The van der Waals surface area contributed by atoms with Crippen molar-refractivity contribution >= 4 is 17.7 Å². The van der Waals surface area contributed by atoms with E-state index in [1.807, 2.05) is 33.8 Å². The molecule has 0 aliphatic heterocycles. The summed E-state index contributed by atoms with van der Waals surface area (Å²) in [7, 11) is 0. The van der Waals surface area contributed by atoms with Crippen LogP contribution < -0.4 is 10.6 Å². The molecule has 3 nitrogen and oxygen atoms in total. The molecule has 1 unspecified atom stereocenters. The van der Waals surface area contributed by atoms with Crippen LogP contribution in [0.5, 0.6) is 0 Å². The first-order valence-electron chi connectivity index (χ1n) is 7.48. The summed E-state index contributed by atoms with van der Waals surface area (Å²) in [6.07, 6.45) is 0. The Hall–Kier alpha value is -1.00. The van der Waals surface area contributed by atoms with Crippen LogP contribution in [0, 0.1) is 0 Å². The van der Waals surface area contributed by atoms with Crippen LogP contribution in [0.15, 0.2) is 29.2 Å². The van der Waals surface area contributed by atoms with Crippen LogP contribution in [0.4, 0.5) is 0 Å². The molecule has 0 saturated heterocycles. The molecule has 0 radical (unpaired) electrons. The molecule has 2 N–H and O–H groups in total. The highest BCUT2D eigenvalue weighted by atomic mass is 32.2. The van der Waals surface area contributed by atoms with E-state index < -0.39 is 0 Å². The monoisotopic (exact) mass is 308 g/mol. The van der Waals surface area contributed by atoms with Gasteiger partial charge in [0.05, 0.1) is 5.25 Å². The topological polar surface area (TPSA) is 41.1 Å². The van der Waals surface area contributed by atoms with Crippen LogP contribution in [0.3, 0.4) is 0 Å². The van der Waals surface area contributed by atoms with Gasteiger partial charge in [0, 0.05) is 23.0 Å². The van der Waals surface area contributed by atoms with Gasteiger partial charge >= 0.3 is 0 Å². The van der Waals surface area contributed by atoms with Crippen LogP contribution in [-0.4, -0.2) is 22.7 Å². The number of rotatable bonds is 6. The fraction of sp³-hybridized carbons (Fsp3) is 0.588. The van der Waals surface area contributed by atoms with E-state index in [9.17, 15) is 4.79 Å². The van der Waals surface area contributed by atoms with Crippen molar-refractivity contribution < 1.29 is 4.79 Å².